The normalized spacial score (nSPS) is 11.2. The van der Waals surface area contributed by atoms with Gasteiger partial charge in [0.25, 0.3) is 0 Å². The Bertz CT molecular complexity index is 506. The maximum atomic E-state index is 12.4. The Balaban J connectivity index is 2.37. The van der Waals surface area contributed by atoms with E-state index in [4.69, 9.17) is 0 Å². The van der Waals surface area contributed by atoms with E-state index in [0.29, 0.717) is 5.56 Å². The molecule has 0 atom stereocenters. The molecule has 2 aromatic heterocycles. The molecule has 0 N–H and O–H groups in total. The van der Waals surface area contributed by atoms with Gasteiger partial charge in [-0.25, -0.2) is 0 Å². The van der Waals surface area contributed by atoms with E-state index in [1.54, 1.807) is 36.9 Å². The Hall–Kier alpha value is -2.03. The molecular weight excluding hydrogens is 212 g/mol. The smallest absolute Gasteiger partial charge is 0.172 e. The number of nitrogens with zero attached hydrogens (tertiary/aromatic N) is 2. The van der Waals surface area contributed by atoms with Gasteiger partial charge in [0.2, 0.25) is 0 Å². The molecule has 0 saturated heterocycles. The van der Waals surface area contributed by atoms with Crippen LogP contribution in [0.15, 0.2) is 49.1 Å². The summed E-state index contributed by atoms with van der Waals surface area (Å²) in [4.78, 5) is 20.4. The van der Waals surface area contributed by atoms with Gasteiger partial charge in [-0.2, -0.15) is 0 Å². The summed E-state index contributed by atoms with van der Waals surface area (Å²) < 4.78 is 0. The summed E-state index contributed by atoms with van der Waals surface area (Å²) in [5.41, 5.74) is 1.02. The molecule has 0 radical (unpaired) electrons. The van der Waals surface area contributed by atoms with Crippen LogP contribution in [-0.2, 0) is 5.41 Å². The summed E-state index contributed by atoms with van der Waals surface area (Å²) >= 11 is 0. The van der Waals surface area contributed by atoms with Crippen molar-refractivity contribution in [2.45, 2.75) is 19.3 Å². The zero-order chi connectivity index (χ0) is 12.3. The molecule has 17 heavy (non-hydrogen) atoms. The fourth-order valence-electron chi connectivity index (χ4n) is 1.73. The lowest BCUT2D eigenvalue weighted by Gasteiger charge is -2.23. The van der Waals surface area contributed by atoms with Crippen molar-refractivity contribution >= 4 is 5.78 Å². The van der Waals surface area contributed by atoms with Crippen molar-refractivity contribution in [1.29, 1.82) is 0 Å². The standard InChI is InChI=1S/C14H14N2O/c1-14(2,12-4-3-7-16-10-12)13(17)11-5-8-15-9-6-11/h3-10H,1-2H3. The third kappa shape index (κ3) is 2.23. The fourth-order valence-corrected chi connectivity index (χ4v) is 1.73. The molecule has 0 unspecified atom stereocenters. The van der Waals surface area contributed by atoms with Crippen molar-refractivity contribution in [2.75, 3.05) is 0 Å². The second kappa shape index (κ2) is 4.45. The lowest BCUT2D eigenvalue weighted by Crippen LogP contribution is -2.29. The van der Waals surface area contributed by atoms with Crippen LogP contribution in [0.1, 0.15) is 29.8 Å². The minimum atomic E-state index is -0.574. The van der Waals surface area contributed by atoms with E-state index in [0.717, 1.165) is 5.56 Å². The zero-order valence-electron chi connectivity index (χ0n) is 9.92. The summed E-state index contributed by atoms with van der Waals surface area (Å²) in [5, 5.41) is 0. The maximum absolute atomic E-state index is 12.4. The van der Waals surface area contributed by atoms with E-state index in [-0.39, 0.29) is 5.78 Å². The first-order chi connectivity index (χ1) is 8.12. The fraction of sp³-hybridized carbons (Fsp3) is 0.214. The van der Waals surface area contributed by atoms with Gasteiger partial charge < -0.3 is 0 Å². The molecular formula is C14H14N2O. The average Bonchev–Trinajstić information content (AvgIpc) is 2.40. The third-order valence-corrected chi connectivity index (χ3v) is 2.89. The number of pyridine rings is 2. The van der Waals surface area contributed by atoms with Crippen molar-refractivity contribution in [2.24, 2.45) is 0 Å². The molecule has 2 heterocycles. The van der Waals surface area contributed by atoms with Crippen LogP contribution in [0.2, 0.25) is 0 Å². The number of hydrogen-bond acceptors (Lipinski definition) is 3. The first kappa shape index (κ1) is 11.5. The molecule has 0 bridgehead atoms. The topological polar surface area (TPSA) is 42.9 Å². The lowest BCUT2D eigenvalue weighted by atomic mass is 9.79. The summed E-state index contributed by atoms with van der Waals surface area (Å²) in [6.07, 6.45) is 6.70. The van der Waals surface area contributed by atoms with E-state index in [2.05, 4.69) is 9.97 Å². The number of hydrogen-bond donors (Lipinski definition) is 0. The molecule has 86 valence electrons. The first-order valence-electron chi connectivity index (χ1n) is 5.47. The maximum Gasteiger partial charge on any atom is 0.172 e. The molecule has 3 heteroatoms. The molecule has 0 aliphatic heterocycles. The highest BCUT2D eigenvalue weighted by atomic mass is 16.1. The molecule has 2 aromatic rings. The summed E-state index contributed by atoms with van der Waals surface area (Å²) in [6.45, 7) is 3.82. The molecule has 0 saturated carbocycles. The number of carbonyl (C=O) groups excluding carboxylic acids is 1. The molecule has 0 aliphatic carbocycles. The number of carbonyl (C=O) groups is 1. The highest BCUT2D eigenvalue weighted by Gasteiger charge is 2.30. The number of Topliss-reactive ketones (excluding diaryl/α,β-unsaturated/α-hetero) is 1. The summed E-state index contributed by atoms with van der Waals surface area (Å²) in [7, 11) is 0. The minimum absolute atomic E-state index is 0.0768. The second-order valence-corrected chi connectivity index (χ2v) is 4.43. The van der Waals surface area contributed by atoms with E-state index in [9.17, 15) is 4.79 Å². The van der Waals surface area contributed by atoms with Gasteiger partial charge in [-0.15, -0.1) is 0 Å². The predicted octanol–water partition coefficient (Wildman–Crippen LogP) is 2.64. The van der Waals surface area contributed by atoms with Crippen LogP contribution in [0.3, 0.4) is 0 Å². The van der Waals surface area contributed by atoms with E-state index in [1.165, 1.54) is 0 Å². The van der Waals surface area contributed by atoms with Gasteiger partial charge in [0.15, 0.2) is 5.78 Å². The largest absolute Gasteiger partial charge is 0.293 e. The van der Waals surface area contributed by atoms with Crippen LogP contribution < -0.4 is 0 Å². The summed E-state index contributed by atoms with van der Waals surface area (Å²) in [5.74, 6) is 0.0768. The summed E-state index contributed by atoms with van der Waals surface area (Å²) in [6, 6.07) is 7.24. The van der Waals surface area contributed by atoms with Crippen LogP contribution >= 0.6 is 0 Å². The van der Waals surface area contributed by atoms with Gasteiger partial charge in [0.05, 0.1) is 5.41 Å². The first-order valence-corrected chi connectivity index (χ1v) is 5.47. The Labute approximate surface area is 101 Å². The van der Waals surface area contributed by atoms with Crippen molar-refractivity contribution in [3.05, 3.63) is 60.2 Å². The van der Waals surface area contributed by atoms with Crippen molar-refractivity contribution in [3.8, 4) is 0 Å². The average molecular weight is 226 g/mol. The van der Waals surface area contributed by atoms with Gasteiger partial charge >= 0.3 is 0 Å². The zero-order valence-corrected chi connectivity index (χ0v) is 9.92. The number of rotatable bonds is 3. The Kier molecular flexibility index (Phi) is 3.00. The molecule has 0 aliphatic rings. The number of aromatic nitrogens is 2. The molecule has 0 fully saturated rings. The van der Waals surface area contributed by atoms with Crippen LogP contribution in [0, 0.1) is 0 Å². The second-order valence-electron chi connectivity index (χ2n) is 4.43. The van der Waals surface area contributed by atoms with Gasteiger partial charge in [-0.05, 0) is 37.6 Å². The molecule has 0 aromatic carbocycles. The van der Waals surface area contributed by atoms with E-state index >= 15 is 0 Å². The van der Waals surface area contributed by atoms with Crippen LogP contribution in [0.5, 0.6) is 0 Å². The van der Waals surface area contributed by atoms with E-state index in [1.807, 2.05) is 26.0 Å². The van der Waals surface area contributed by atoms with Crippen LogP contribution in [0.25, 0.3) is 0 Å². The lowest BCUT2D eigenvalue weighted by molar-refractivity contribution is 0.0908. The van der Waals surface area contributed by atoms with Crippen LogP contribution in [-0.4, -0.2) is 15.8 Å². The van der Waals surface area contributed by atoms with Gasteiger partial charge in [-0.3, -0.25) is 14.8 Å². The van der Waals surface area contributed by atoms with Crippen molar-refractivity contribution in [3.63, 3.8) is 0 Å². The molecule has 0 amide bonds. The number of ketones is 1. The van der Waals surface area contributed by atoms with Crippen molar-refractivity contribution < 1.29 is 4.79 Å². The van der Waals surface area contributed by atoms with Crippen LogP contribution in [0.4, 0.5) is 0 Å². The third-order valence-electron chi connectivity index (χ3n) is 2.89. The SMILES string of the molecule is CC(C)(C(=O)c1ccncc1)c1cccnc1. The monoisotopic (exact) mass is 226 g/mol. The molecule has 2 rings (SSSR count). The van der Waals surface area contributed by atoms with Crippen molar-refractivity contribution in [1.82, 2.24) is 9.97 Å². The van der Waals surface area contributed by atoms with Gasteiger partial charge in [0, 0.05) is 30.4 Å². The van der Waals surface area contributed by atoms with Gasteiger partial charge in [-0.1, -0.05) is 6.07 Å². The Morgan fingerprint density at radius 1 is 1.06 bits per heavy atom. The quantitative estimate of drug-likeness (QED) is 0.755. The predicted molar refractivity (Wildman–Crippen MR) is 65.8 cm³/mol. The molecule has 3 nitrogen and oxygen atoms in total. The Morgan fingerprint density at radius 2 is 1.76 bits per heavy atom. The van der Waals surface area contributed by atoms with E-state index < -0.39 is 5.41 Å². The highest BCUT2D eigenvalue weighted by molar-refractivity contribution is 6.03. The minimum Gasteiger partial charge on any atom is -0.293 e. The Morgan fingerprint density at radius 3 is 2.35 bits per heavy atom. The van der Waals surface area contributed by atoms with Gasteiger partial charge in [0.1, 0.15) is 0 Å². The molecule has 0 spiro atoms. The highest BCUT2D eigenvalue weighted by Crippen LogP contribution is 2.26.